The van der Waals surface area contributed by atoms with Crippen LogP contribution in [-0.2, 0) is 0 Å². The molecule has 0 saturated carbocycles. The summed E-state index contributed by atoms with van der Waals surface area (Å²) in [5.74, 6) is 0.642. The lowest BCUT2D eigenvalue weighted by Crippen LogP contribution is -2.28. The lowest BCUT2D eigenvalue weighted by atomic mass is 10.3. The molecule has 5 nitrogen and oxygen atoms in total. The van der Waals surface area contributed by atoms with Gasteiger partial charge in [0.15, 0.2) is 0 Å². The molecular formula is C10H12N4OS. The van der Waals surface area contributed by atoms with Crippen molar-refractivity contribution in [3.8, 4) is 0 Å². The van der Waals surface area contributed by atoms with Crippen molar-refractivity contribution < 1.29 is 0 Å². The molecule has 84 valence electrons. The number of thiophene rings is 1. The molecule has 0 spiro atoms. The van der Waals surface area contributed by atoms with Crippen molar-refractivity contribution in [3.05, 3.63) is 21.8 Å². The van der Waals surface area contributed by atoms with Gasteiger partial charge in [0.2, 0.25) is 5.95 Å². The van der Waals surface area contributed by atoms with Gasteiger partial charge in [-0.3, -0.25) is 9.78 Å². The van der Waals surface area contributed by atoms with E-state index in [1.807, 2.05) is 16.3 Å². The molecule has 2 aromatic heterocycles. The fraction of sp³-hybridized carbons (Fsp3) is 0.400. The highest BCUT2D eigenvalue weighted by atomic mass is 32.1. The van der Waals surface area contributed by atoms with Crippen LogP contribution < -0.4 is 16.2 Å². The Morgan fingerprint density at radius 2 is 2.50 bits per heavy atom. The molecule has 16 heavy (non-hydrogen) atoms. The van der Waals surface area contributed by atoms with Crippen molar-refractivity contribution in [1.82, 2.24) is 9.97 Å². The van der Waals surface area contributed by atoms with E-state index >= 15 is 0 Å². The summed E-state index contributed by atoms with van der Waals surface area (Å²) in [7, 11) is 0. The molecule has 0 amide bonds. The molecule has 1 aliphatic rings. The van der Waals surface area contributed by atoms with E-state index in [0.717, 1.165) is 25.0 Å². The van der Waals surface area contributed by atoms with Gasteiger partial charge < -0.3 is 10.6 Å². The fourth-order valence-electron chi connectivity index (χ4n) is 1.99. The topological polar surface area (TPSA) is 75.0 Å². The van der Waals surface area contributed by atoms with Crippen molar-refractivity contribution in [2.45, 2.75) is 12.5 Å². The number of fused-ring (bicyclic) bond motifs is 1. The average Bonchev–Trinajstić information content (AvgIpc) is 2.85. The Morgan fingerprint density at radius 3 is 3.25 bits per heavy atom. The summed E-state index contributed by atoms with van der Waals surface area (Å²) < 4.78 is 0.687. The van der Waals surface area contributed by atoms with Crippen LogP contribution in [0.3, 0.4) is 0 Å². The second kappa shape index (κ2) is 3.57. The molecule has 3 N–H and O–H groups in total. The Balaban J connectivity index is 2.07. The Labute approximate surface area is 95.9 Å². The molecule has 1 aliphatic heterocycles. The number of aromatic nitrogens is 2. The van der Waals surface area contributed by atoms with Crippen LogP contribution in [0.1, 0.15) is 6.42 Å². The lowest BCUT2D eigenvalue weighted by Gasteiger charge is -2.15. The quantitative estimate of drug-likeness (QED) is 0.757. The van der Waals surface area contributed by atoms with E-state index in [1.165, 1.54) is 11.3 Å². The number of hydrogen-bond acceptors (Lipinski definition) is 5. The first-order valence-electron chi connectivity index (χ1n) is 5.22. The second-order valence-corrected chi connectivity index (χ2v) is 4.94. The highest BCUT2D eigenvalue weighted by molar-refractivity contribution is 7.17. The van der Waals surface area contributed by atoms with Crippen LogP contribution >= 0.6 is 11.3 Å². The first kappa shape index (κ1) is 9.80. The summed E-state index contributed by atoms with van der Waals surface area (Å²) in [5, 5.41) is 1.88. The van der Waals surface area contributed by atoms with Gasteiger partial charge in [-0.15, -0.1) is 11.3 Å². The standard InChI is InChI=1S/C10H12N4OS/c11-6-1-3-14(5-6)10-12-7-2-4-16-8(7)9(15)13-10/h2,4,6H,1,3,5,11H2,(H,12,13,15). The Hall–Kier alpha value is -1.40. The van der Waals surface area contributed by atoms with Crippen LogP contribution in [0.2, 0.25) is 0 Å². The molecule has 0 bridgehead atoms. The first-order valence-corrected chi connectivity index (χ1v) is 6.10. The summed E-state index contributed by atoms with van der Waals surface area (Å²) in [4.78, 5) is 21.0. The average molecular weight is 236 g/mol. The largest absolute Gasteiger partial charge is 0.341 e. The molecule has 1 fully saturated rings. The van der Waals surface area contributed by atoms with E-state index < -0.39 is 0 Å². The number of H-pyrrole nitrogens is 1. The van der Waals surface area contributed by atoms with Gasteiger partial charge in [0.25, 0.3) is 5.56 Å². The number of hydrogen-bond donors (Lipinski definition) is 2. The molecule has 3 heterocycles. The smallest absolute Gasteiger partial charge is 0.270 e. The molecule has 6 heteroatoms. The van der Waals surface area contributed by atoms with E-state index in [0.29, 0.717) is 10.6 Å². The maximum Gasteiger partial charge on any atom is 0.270 e. The molecule has 1 atom stereocenters. The van der Waals surface area contributed by atoms with Gasteiger partial charge in [-0.05, 0) is 17.9 Å². The highest BCUT2D eigenvalue weighted by Gasteiger charge is 2.21. The lowest BCUT2D eigenvalue weighted by molar-refractivity contribution is 0.750. The van der Waals surface area contributed by atoms with Crippen LogP contribution in [-0.4, -0.2) is 29.1 Å². The van der Waals surface area contributed by atoms with E-state index in [9.17, 15) is 4.79 Å². The number of nitrogens with zero attached hydrogens (tertiary/aromatic N) is 2. The van der Waals surface area contributed by atoms with Gasteiger partial charge in [0.1, 0.15) is 4.70 Å². The van der Waals surface area contributed by atoms with Gasteiger partial charge in [-0.2, -0.15) is 0 Å². The Morgan fingerprint density at radius 1 is 1.62 bits per heavy atom. The Bertz CT molecular complexity index is 575. The van der Waals surface area contributed by atoms with Crippen LogP contribution in [0.15, 0.2) is 16.2 Å². The maximum atomic E-state index is 11.8. The molecule has 0 radical (unpaired) electrons. The van der Waals surface area contributed by atoms with E-state index in [1.54, 1.807) is 0 Å². The van der Waals surface area contributed by atoms with Gasteiger partial charge in [-0.1, -0.05) is 0 Å². The zero-order valence-corrected chi connectivity index (χ0v) is 9.46. The monoisotopic (exact) mass is 236 g/mol. The third kappa shape index (κ3) is 1.50. The molecule has 3 rings (SSSR count). The van der Waals surface area contributed by atoms with Crippen molar-refractivity contribution in [1.29, 1.82) is 0 Å². The van der Waals surface area contributed by atoms with Gasteiger partial charge >= 0.3 is 0 Å². The fourth-order valence-corrected chi connectivity index (χ4v) is 2.72. The summed E-state index contributed by atoms with van der Waals surface area (Å²) >= 11 is 1.42. The van der Waals surface area contributed by atoms with E-state index in [-0.39, 0.29) is 11.6 Å². The zero-order valence-electron chi connectivity index (χ0n) is 8.64. The Kier molecular flexibility index (Phi) is 2.19. The van der Waals surface area contributed by atoms with Gasteiger partial charge in [0, 0.05) is 19.1 Å². The minimum atomic E-state index is -0.0597. The molecule has 0 aliphatic carbocycles. The summed E-state index contributed by atoms with van der Waals surface area (Å²) in [6, 6.07) is 2.05. The molecule has 1 saturated heterocycles. The minimum absolute atomic E-state index is 0.0597. The molecule has 2 aromatic rings. The second-order valence-electron chi connectivity index (χ2n) is 4.02. The summed E-state index contributed by atoms with van der Waals surface area (Å²) in [6.45, 7) is 1.62. The van der Waals surface area contributed by atoms with Gasteiger partial charge in [0.05, 0.1) is 5.52 Å². The van der Waals surface area contributed by atoms with Crippen LogP contribution in [0.5, 0.6) is 0 Å². The predicted molar refractivity (Wildman–Crippen MR) is 65.0 cm³/mol. The highest BCUT2D eigenvalue weighted by Crippen LogP contribution is 2.19. The van der Waals surface area contributed by atoms with Gasteiger partial charge in [-0.25, -0.2) is 4.98 Å². The first-order chi connectivity index (χ1) is 7.74. The van der Waals surface area contributed by atoms with Crippen molar-refractivity contribution in [2.24, 2.45) is 5.73 Å². The van der Waals surface area contributed by atoms with Crippen LogP contribution in [0, 0.1) is 0 Å². The summed E-state index contributed by atoms with van der Waals surface area (Å²) in [6.07, 6.45) is 0.950. The maximum absolute atomic E-state index is 11.8. The predicted octanol–water partition coefficient (Wildman–Crippen LogP) is 0.522. The number of nitrogens with two attached hydrogens (primary N) is 1. The van der Waals surface area contributed by atoms with Crippen molar-refractivity contribution in [2.75, 3.05) is 18.0 Å². The normalized spacial score (nSPS) is 20.8. The molecule has 0 aromatic carbocycles. The van der Waals surface area contributed by atoms with E-state index in [4.69, 9.17) is 5.73 Å². The van der Waals surface area contributed by atoms with Crippen molar-refractivity contribution in [3.63, 3.8) is 0 Å². The molecular weight excluding hydrogens is 224 g/mol. The third-order valence-corrected chi connectivity index (χ3v) is 3.73. The van der Waals surface area contributed by atoms with Crippen LogP contribution in [0.4, 0.5) is 5.95 Å². The van der Waals surface area contributed by atoms with Crippen LogP contribution in [0.25, 0.3) is 10.2 Å². The van der Waals surface area contributed by atoms with Crippen molar-refractivity contribution >= 4 is 27.5 Å². The zero-order chi connectivity index (χ0) is 11.1. The molecule has 1 unspecified atom stereocenters. The number of nitrogens with one attached hydrogen (secondary N) is 1. The minimum Gasteiger partial charge on any atom is -0.341 e. The summed E-state index contributed by atoms with van der Waals surface area (Å²) in [5.41, 5.74) is 6.54. The number of rotatable bonds is 1. The SMILES string of the molecule is NC1CCN(c2nc3ccsc3c(=O)[nH]2)C1. The third-order valence-electron chi connectivity index (χ3n) is 2.83. The number of aromatic amines is 1. The number of anilines is 1. The van der Waals surface area contributed by atoms with E-state index in [2.05, 4.69) is 9.97 Å².